The zero-order chi connectivity index (χ0) is 13.0. The van der Waals surface area contributed by atoms with E-state index in [0.29, 0.717) is 12.1 Å². The lowest BCUT2D eigenvalue weighted by molar-refractivity contribution is 0.0950. The molecule has 0 unspecified atom stereocenters. The summed E-state index contributed by atoms with van der Waals surface area (Å²) in [5, 5.41) is 3.01. The number of hydrogen-bond acceptors (Lipinski definition) is 2. The number of carbonyl (C=O) groups excluding carboxylic acids is 1. The number of rotatable bonds is 3. The van der Waals surface area contributed by atoms with Crippen LogP contribution in [0.3, 0.4) is 0 Å². The molecule has 5 heteroatoms. The monoisotopic (exact) mass is 324 g/mol. The van der Waals surface area contributed by atoms with Crippen molar-refractivity contribution < 1.29 is 4.79 Å². The van der Waals surface area contributed by atoms with E-state index in [1.165, 1.54) is 0 Å². The Morgan fingerprint density at radius 3 is 2.67 bits per heavy atom. The van der Waals surface area contributed by atoms with Crippen LogP contribution in [0.4, 0.5) is 0 Å². The van der Waals surface area contributed by atoms with E-state index in [0.717, 1.165) is 10.0 Å². The number of nitrogens with zero attached hydrogens (tertiary/aromatic N) is 1. The summed E-state index contributed by atoms with van der Waals surface area (Å²) in [5.41, 5.74) is 1.41. The molecule has 0 saturated carbocycles. The minimum atomic E-state index is -0.226. The van der Waals surface area contributed by atoms with Gasteiger partial charge < -0.3 is 5.32 Å². The van der Waals surface area contributed by atoms with Gasteiger partial charge in [0.05, 0.1) is 5.56 Å². The number of benzene rings is 1. The lowest BCUT2D eigenvalue weighted by Crippen LogP contribution is -2.23. The van der Waals surface area contributed by atoms with Gasteiger partial charge in [-0.25, -0.2) is 4.98 Å². The van der Waals surface area contributed by atoms with Gasteiger partial charge in [0, 0.05) is 17.2 Å². The SMILES string of the molecule is O=C(NCc1ccc(Br)cc1)c1cccnc1Cl. The van der Waals surface area contributed by atoms with Gasteiger partial charge in [0.15, 0.2) is 0 Å². The van der Waals surface area contributed by atoms with Crippen LogP contribution in [0.5, 0.6) is 0 Å². The molecule has 0 aliphatic carbocycles. The molecule has 0 aliphatic rings. The van der Waals surface area contributed by atoms with Crippen molar-refractivity contribution in [1.82, 2.24) is 10.3 Å². The zero-order valence-corrected chi connectivity index (χ0v) is 11.7. The van der Waals surface area contributed by atoms with Crippen molar-refractivity contribution in [1.29, 1.82) is 0 Å². The Morgan fingerprint density at radius 1 is 1.28 bits per heavy atom. The summed E-state index contributed by atoms with van der Waals surface area (Å²) in [6, 6.07) is 11.1. The first kappa shape index (κ1) is 13.1. The third-order valence-electron chi connectivity index (χ3n) is 2.37. The summed E-state index contributed by atoms with van der Waals surface area (Å²) < 4.78 is 1.01. The van der Waals surface area contributed by atoms with Gasteiger partial charge in [0.1, 0.15) is 5.15 Å². The van der Waals surface area contributed by atoms with Crippen LogP contribution >= 0.6 is 27.5 Å². The third kappa shape index (κ3) is 3.31. The summed E-state index contributed by atoms with van der Waals surface area (Å²) in [4.78, 5) is 15.7. The van der Waals surface area contributed by atoms with E-state index in [1.54, 1.807) is 18.3 Å². The fraction of sp³-hybridized carbons (Fsp3) is 0.0769. The standard InChI is InChI=1S/C13H10BrClN2O/c14-10-5-3-9(4-6-10)8-17-13(18)11-2-1-7-16-12(11)15/h1-7H,8H2,(H,17,18). The van der Waals surface area contributed by atoms with Gasteiger partial charge in [-0.3, -0.25) is 4.79 Å². The molecule has 0 radical (unpaired) electrons. The van der Waals surface area contributed by atoms with Gasteiger partial charge >= 0.3 is 0 Å². The first-order chi connectivity index (χ1) is 8.66. The lowest BCUT2D eigenvalue weighted by atomic mass is 10.2. The Labute approximate surface area is 118 Å². The number of hydrogen-bond donors (Lipinski definition) is 1. The zero-order valence-electron chi connectivity index (χ0n) is 9.36. The average molecular weight is 326 g/mol. The molecule has 0 aliphatic heterocycles. The van der Waals surface area contributed by atoms with E-state index in [4.69, 9.17) is 11.6 Å². The van der Waals surface area contributed by atoms with Gasteiger partial charge in [0.25, 0.3) is 5.91 Å². The largest absolute Gasteiger partial charge is 0.348 e. The second-order valence-corrected chi connectivity index (χ2v) is 4.92. The fourth-order valence-electron chi connectivity index (χ4n) is 1.44. The number of aromatic nitrogens is 1. The van der Waals surface area contributed by atoms with Crippen molar-refractivity contribution in [2.75, 3.05) is 0 Å². The van der Waals surface area contributed by atoms with Crippen LogP contribution in [0.15, 0.2) is 47.1 Å². The number of carbonyl (C=O) groups is 1. The molecule has 1 aromatic heterocycles. The Bertz CT molecular complexity index is 557. The van der Waals surface area contributed by atoms with Crippen LogP contribution < -0.4 is 5.32 Å². The second kappa shape index (κ2) is 5.98. The molecule has 2 aromatic rings. The minimum absolute atomic E-state index is 0.214. The predicted octanol–water partition coefficient (Wildman–Crippen LogP) is 3.43. The van der Waals surface area contributed by atoms with E-state index in [-0.39, 0.29) is 11.1 Å². The molecular weight excluding hydrogens is 316 g/mol. The Kier molecular flexibility index (Phi) is 4.33. The van der Waals surface area contributed by atoms with Crippen LogP contribution in [0.2, 0.25) is 5.15 Å². The van der Waals surface area contributed by atoms with Gasteiger partial charge in [-0.05, 0) is 29.8 Å². The molecule has 0 bridgehead atoms. The van der Waals surface area contributed by atoms with E-state index in [9.17, 15) is 4.79 Å². The van der Waals surface area contributed by atoms with E-state index >= 15 is 0 Å². The molecule has 0 fully saturated rings. The summed E-state index contributed by atoms with van der Waals surface area (Å²) >= 11 is 9.20. The summed E-state index contributed by atoms with van der Waals surface area (Å²) in [7, 11) is 0. The molecule has 2 rings (SSSR count). The third-order valence-corrected chi connectivity index (χ3v) is 3.20. The van der Waals surface area contributed by atoms with Crippen LogP contribution in [0.25, 0.3) is 0 Å². The van der Waals surface area contributed by atoms with E-state index in [1.807, 2.05) is 24.3 Å². The maximum atomic E-state index is 11.9. The van der Waals surface area contributed by atoms with Gasteiger partial charge in [0.2, 0.25) is 0 Å². The van der Waals surface area contributed by atoms with Crippen LogP contribution in [0.1, 0.15) is 15.9 Å². The Balaban J connectivity index is 2.01. The van der Waals surface area contributed by atoms with Gasteiger partial charge in [-0.1, -0.05) is 39.7 Å². The first-order valence-corrected chi connectivity index (χ1v) is 6.47. The summed E-state index contributed by atoms with van der Waals surface area (Å²) in [6.45, 7) is 0.456. The molecule has 0 saturated heterocycles. The first-order valence-electron chi connectivity index (χ1n) is 5.30. The molecule has 0 spiro atoms. The Hall–Kier alpha value is -1.39. The molecular formula is C13H10BrClN2O. The molecule has 92 valence electrons. The molecule has 1 N–H and O–H groups in total. The molecule has 1 amide bonds. The Morgan fingerprint density at radius 2 is 2.00 bits per heavy atom. The lowest BCUT2D eigenvalue weighted by Gasteiger charge is -2.06. The topological polar surface area (TPSA) is 42.0 Å². The highest BCUT2D eigenvalue weighted by atomic mass is 79.9. The molecule has 0 atom stereocenters. The quantitative estimate of drug-likeness (QED) is 0.879. The minimum Gasteiger partial charge on any atom is -0.348 e. The van der Waals surface area contributed by atoms with Crippen molar-refractivity contribution >= 4 is 33.4 Å². The molecule has 18 heavy (non-hydrogen) atoms. The smallest absolute Gasteiger partial charge is 0.254 e. The summed E-state index contributed by atoms with van der Waals surface area (Å²) in [5.74, 6) is -0.226. The number of amides is 1. The van der Waals surface area contributed by atoms with Crippen molar-refractivity contribution in [3.63, 3.8) is 0 Å². The molecule has 1 aromatic carbocycles. The number of pyridine rings is 1. The maximum absolute atomic E-state index is 11.9. The van der Waals surface area contributed by atoms with E-state index in [2.05, 4.69) is 26.2 Å². The van der Waals surface area contributed by atoms with Crippen molar-refractivity contribution in [2.45, 2.75) is 6.54 Å². The highest BCUT2D eigenvalue weighted by molar-refractivity contribution is 9.10. The average Bonchev–Trinajstić information content (AvgIpc) is 2.38. The highest BCUT2D eigenvalue weighted by Gasteiger charge is 2.09. The van der Waals surface area contributed by atoms with Crippen molar-refractivity contribution in [3.8, 4) is 0 Å². The normalized spacial score (nSPS) is 10.1. The predicted molar refractivity (Wildman–Crippen MR) is 74.6 cm³/mol. The van der Waals surface area contributed by atoms with Gasteiger partial charge in [-0.2, -0.15) is 0 Å². The van der Waals surface area contributed by atoms with Crippen molar-refractivity contribution in [2.24, 2.45) is 0 Å². The maximum Gasteiger partial charge on any atom is 0.254 e. The van der Waals surface area contributed by atoms with Crippen LogP contribution in [0, 0.1) is 0 Å². The summed E-state index contributed by atoms with van der Waals surface area (Å²) in [6.07, 6.45) is 1.55. The second-order valence-electron chi connectivity index (χ2n) is 3.65. The molecule has 3 nitrogen and oxygen atoms in total. The van der Waals surface area contributed by atoms with E-state index < -0.39 is 0 Å². The van der Waals surface area contributed by atoms with Gasteiger partial charge in [-0.15, -0.1) is 0 Å². The van der Waals surface area contributed by atoms with Crippen LogP contribution in [-0.4, -0.2) is 10.9 Å². The number of nitrogens with one attached hydrogen (secondary N) is 1. The van der Waals surface area contributed by atoms with Crippen molar-refractivity contribution in [3.05, 3.63) is 63.3 Å². The fourth-order valence-corrected chi connectivity index (χ4v) is 1.90. The number of halogens is 2. The molecule has 1 heterocycles. The highest BCUT2D eigenvalue weighted by Crippen LogP contribution is 2.12. The van der Waals surface area contributed by atoms with Crippen LogP contribution in [-0.2, 0) is 6.54 Å².